The second-order valence-electron chi connectivity index (χ2n) is 6.48. The molecule has 1 saturated heterocycles. The number of nitrogens with one attached hydrogen (secondary N) is 1. The quantitative estimate of drug-likeness (QED) is 0.873. The van der Waals surface area contributed by atoms with Gasteiger partial charge in [0, 0.05) is 31.5 Å². The van der Waals surface area contributed by atoms with E-state index in [9.17, 15) is 4.79 Å². The predicted molar refractivity (Wildman–Crippen MR) is 94.6 cm³/mol. The van der Waals surface area contributed by atoms with Gasteiger partial charge < -0.3 is 9.88 Å². The van der Waals surface area contributed by atoms with Crippen LogP contribution >= 0.6 is 0 Å². The smallest absolute Gasteiger partial charge is 0.234 e. The lowest BCUT2D eigenvalue weighted by Crippen LogP contribution is -2.41. The van der Waals surface area contributed by atoms with Crippen LogP contribution in [0.1, 0.15) is 29.8 Å². The van der Waals surface area contributed by atoms with Crippen molar-refractivity contribution in [3.05, 3.63) is 53.6 Å². The van der Waals surface area contributed by atoms with E-state index in [1.54, 1.807) is 12.1 Å². The molecule has 1 fully saturated rings. The molecule has 0 bridgehead atoms. The minimum atomic E-state index is 0.0246. The summed E-state index contributed by atoms with van der Waals surface area (Å²) >= 11 is 0. The molecule has 1 atom stereocenters. The molecular weight excluding hydrogens is 314 g/mol. The van der Waals surface area contributed by atoms with E-state index in [2.05, 4.69) is 25.8 Å². The van der Waals surface area contributed by atoms with Crippen molar-refractivity contribution in [1.29, 1.82) is 5.26 Å². The summed E-state index contributed by atoms with van der Waals surface area (Å²) in [6.45, 7) is 4.70. The lowest BCUT2D eigenvalue weighted by molar-refractivity contribution is -0.122. The third kappa shape index (κ3) is 4.46. The van der Waals surface area contributed by atoms with Gasteiger partial charge in [0.25, 0.3) is 0 Å². The Labute approximate surface area is 148 Å². The first kappa shape index (κ1) is 17.2. The number of rotatable bonds is 6. The van der Waals surface area contributed by atoms with Crippen LogP contribution in [0, 0.1) is 18.3 Å². The van der Waals surface area contributed by atoms with Crippen LogP contribution in [0.3, 0.4) is 0 Å². The molecule has 0 radical (unpaired) electrons. The maximum Gasteiger partial charge on any atom is 0.234 e. The van der Waals surface area contributed by atoms with Gasteiger partial charge in [-0.2, -0.15) is 5.26 Å². The highest BCUT2D eigenvalue weighted by atomic mass is 16.2. The van der Waals surface area contributed by atoms with E-state index in [0.717, 1.165) is 37.3 Å². The maximum atomic E-state index is 12.3. The zero-order valence-electron chi connectivity index (χ0n) is 14.5. The van der Waals surface area contributed by atoms with Crippen molar-refractivity contribution >= 4 is 5.91 Å². The highest BCUT2D eigenvalue weighted by molar-refractivity contribution is 5.78. The number of carbonyl (C=O) groups is 1. The number of aryl methyl sites for hydroxylation is 1. The van der Waals surface area contributed by atoms with Crippen molar-refractivity contribution in [3.8, 4) is 6.07 Å². The second kappa shape index (κ2) is 7.95. The Morgan fingerprint density at radius 2 is 2.36 bits per heavy atom. The summed E-state index contributed by atoms with van der Waals surface area (Å²) in [6, 6.07) is 9.82. The van der Waals surface area contributed by atoms with Crippen molar-refractivity contribution in [2.24, 2.45) is 0 Å². The molecule has 25 heavy (non-hydrogen) atoms. The molecule has 0 aliphatic carbocycles. The molecule has 1 N–H and O–H groups in total. The fourth-order valence-corrected chi connectivity index (χ4v) is 3.33. The number of hydrogen-bond donors (Lipinski definition) is 1. The molecule has 1 aromatic heterocycles. The molecule has 1 unspecified atom stereocenters. The summed E-state index contributed by atoms with van der Waals surface area (Å²) in [5.41, 5.74) is 1.56. The first-order valence-corrected chi connectivity index (χ1v) is 8.63. The van der Waals surface area contributed by atoms with E-state index in [-0.39, 0.29) is 5.91 Å². The maximum absolute atomic E-state index is 12.3. The minimum Gasteiger partial charge on any atom is -0.351 e. The molecule has 1 aliphatic rings. The zero-order valence-corrected chi connectivity index (χ0v) is 14.5. The summed E-state index contributed by atoms with van der Waals surface area (Å²) in [7, 11) is 0. The second-order valence-corrected chi connectivity index (χ2v) is 6.48. The fraction of sp³-hybridized carbons (Fsp3) is 0.421. The topological polar surface area (TPSA) is 74.0 Å². The van der Waals surface area contributed by atoms with E-state index >= 15 is 0 Å². The Morgan fingerprint density at radius 1 is 1.48 bits per heavy atom. The Bertz CT molecular complexity index is 776. The number of nitriles is 1. The standard InChI is InChI=1S/C19H23N5O/c1-15-21-7-9-23(15)13-18-6-3-8-24(18)14-19(25)22-12-17-5-2-4-16(10-17)11-20/h2,4-5,7,9-10,18H,3,6,8,12-14H2,1H3,(H,22,25). The van der Waals surface area contributed by atoms with Crippen LogP contribution in [-0.4, -0.2) is 39.5 Å². The lowest BCUT2D eigenvalue weighted by Gasteiger charge is -2.24. The predicted octanol–water partition coefficient (Wildman–Crippen LogP) is 1.84. The highest BCUT2D eigenvalue weighted by Gasteiger charge is 2.26. The molecule has 1 amide bonds. The summed E-state index contributed by atoms with van der Waals surface area (Å²) in [4.78, 5) is 18.8. The van der Waals surface area contributed by atoms with E-state index in [1.807, 2.05) is 31.5 Å². The van der Waals surface area contributed by atoms with Gasteiger partial charge in [0.1, 0.15) is 5.82 Å². The average Bonchev–Trinajstić information content (AvgIpc) is 3.23. The molecule has 130 valence electrons. The lowest BCUT2D eigenvalue weighted by atomic mass is 10.1. The normalized spacial score (nSPS) is 17.4. The summed E-state index contributed by atoms with van der Waals surface area (Å²) in [5.74, 6) is 1.03. The van der Waals surface area contributed by atoms with Crippen LogP contribution in [0.5, 0.6) is 0 Å². The number of amides is 1. The highest BCUT2D eigenvalue weighted by Crippen LogP contribution is 2.19. The zero-order chi connectivity index (χ0) is 17.6. The Balaban J connectivity index is 1.51. The SMILES string of the molecule is Cc1nccn1CC1CCCN1CC(=O)NCc1cccc(C#N)c1. The van der Waals surface area contributed by atoms with Gasteiger partial charge in [-0.25, -0.2) is 4.98 Å². The van der Waals surface area contributed by atoms with Gasteiger partial charge in [0.2, 0.25) is 5.91 Å². The third-order valence-corrected chi connectivity index (χ3v) is 4.72. The molecular formula is C19H23N5O. The van der Waals surface area contributed by atoms with Crippen molar-refractivity contribution in [2.45, 2.75) is 38.9 Å². The van der Waals surface area contributed by atoms with Gasteiger partial charge in [-0.1, -0.05) is 12.1 Å². The minimum absolute atomic E-state index is 0.0246. The number of imidazole rings is 1. The van der Waals surface area contributed by atoms with Crippen LogP contribution in [0.15, 0.2) is 36.7 Å². The van der Waals surface area contributed by atoms with E-state index < -0.39 is 0 Å². The van der Waals surface area contributed by atoms with E-state index in [4.69, 9.17) is 5.26 Å². The van der Waals surface area contributed by atoms with Crippen molar-refractivity contribution < 1.29 is 4.79 Å². The van der Waals surface area contributed by atoms with E-state index in [1.165, 1.54) is 0 Å². The number of likely N-dealkylation sites (tertiary alicyclic amines) is 1. The Kier molecular flexibility index (Phi) is 5.46. The third-order valence-electron chi connectivity index (χ3n) is 4.72. The molecule has 1 aromatic carbocycles. The van der Waals surface area contributed by atoms with Crippen LogP contribution in [0.25, 0.3) is 0 Å². The summed E-state index contributed by atoms with van der Waals surface area (Å²) < 4.78 is 2.15. The molecule has 0 spiro atoms. The summed E-state index contributed by atoms with van der Waals surface area (Å²) in [5, 5.41) is 11.9. The van der Waals surface area contributed by atoms with Gasteiger partial charge >= 0.3 is 0 Å². The number of nitrogens with zero attached hydrogens (tertiary/aromatic N) is 4. The van der Waals surface area contributed by atoms with Gasteiger partial charge in [-0.15, -0.1) is 0 Å². The number of benzene rings is 1. The molecule has 6 heteroatoms. The number of carbonyl (C=O) groups excluding carboxylic acids is 1. The van der Waals surface area contributed by atoms with Gasteiger partial charge in [-0.05, 0) is 44.0 Å². The summed E-state index contributed by atoms with van der Waals surface area (Å²) in [6.07, 6.45) is 6.04. The van der Waals surface area contributed by atoms with Gasteiger partial charge in [-0.3, -0.25) is 9.69 Å². The molecule has 1 aliphatic heterocycles. The van der Waals surface area contributed by atoms with E-state index in [0.29, 0.717) is 24.7 Å². The number of aromatic nitrogens is 2. The molecule has 6 nitrogen and oxygen atoms in total. The molecule has 3 rings (SSSR count). The fourth-order valence-electron chi connectivity index (χ4n) is 3.33. The van der Waals surface area contributed by atoms with Crippen LogP contribution in [-0.2, 0) is 17.9 Å². The van der Waals surface area contributed by atoms with Crippen molar-refractivity contribution in [3.63, 3.8) is 0 Å². The van der Waals surface area contributed by atoms with Crippen molar-refractivity contribution in [2.75, 3.05) is 13.1 Å². The first-order valence-electron chi connectivity index (χ1n) is 8.63. The van der Waals surface area contributed by atoms with Crippen LogP contribution < -0.4 is 5.32 Å². The molecule has 2 heterocycles. The van der Waals surface area contributed by atoms with Crippen LogP contribution in [0.2, 0.25) is 0 Å². The van der Waals surface area contributed by atoms with Gasteiger partial charge in [0.15, 0.2) is 0 Å². The van der Waals surface area contributed by atoms with Crippen molar-refractivity contribution in [1.82, 2.24) is 19.8 Å². The Hall–Kier alpha value is -2.65. The van der Waals surface area contributed by atoms with Crippen LogP contribution in [0.4, 0.5) is 0 Å². The molecule has 0 saturated carbocycles. The first-order chi connectivity index (χ1) is 12.2. The average molecular weight is 337 g/mol. The Morgan fingerprint density at radius 3 is 3.12 bits per heavy atom. The monoisotopic (exact) mass is 337 g/mol. The molecule has 2 aromatic rings. The number of hydrogen-bond acceptors (Lipinski definition) is 4. The van der Waals surface area contributed by atoms with Gasteiger partial charge in [0.05, 0.1) is 18.2 Å². The largest absolute Gasteiger partial charge is 0.351 e.